The second kappa shape index (κ2) is 4.00. The fourth-order valence-electron chi connectivity index (χ4n) is 1.11. The van der Waals surface area contributed by atoms with Crippen LogP contribution in [0.4, 0.5) is 4.39 Å². The monoisotopic (exact) mass is 205 g/mol. The summed E-state index contributed by atoms with van der Waals surface area (Å²) >= 11 is 0. The number of aromatic nitrogens is 3. The van der Waals surface area contributed by atoms with E-state index in [0.29, 0.717) is 17.1 Å². The summed E-state index contributed by atoms with van der Waals surface area (Å²) in [5.41, 5.74) is 1.34. The van der Waals surface area contributed by atoms with Crippen LogP contribution in [0.2, 0.25) is 0 Å². The van der Waals surface area contributed by atoms with Gasteiger partial charge in [0.05, 0.1) is 12.8 Å². The third-order valence-electron chi connectivity index (χ3n) is 1.87. The minimum atomic E-state index is -0.514. The molecule has 0 aliphatic heterocycles. The van der Waals surface area contributed by atoms with Gasteiger partial charge in [-0.05, 0) is 18.2 Å². The molecule has 0 aliphatic carbocycles. The highest BCUT2D eigenvalue weighted by Gasteiger charge is 2.01. The minimum absolute atomic E-state index is 0.439. The van der Waals surface area contributed by atoms with Gasteiger partial charge < -0.3 is 4.74 Å². The summed E-state index contributed by atoms with van der Waals surface area (Å²) in [4.78, 5) is 3.53. The van der Waals surface area contributed by atoms with Crippen molar-refractivity contribution in [2.24, 2.45) is 0 Å². The van der Waals surface area contributed by atoms with Crippen LogP contribution >= 0.6 is 0 Å². The molecule has 0 N–H and O–H groups in total. The highest BCUT2D eigenvalue weighted by Crippen LogP contribution is 2.16. The lowest BCUT2D eigenvalue weighted by molar-refractivity contribution is 0.392. The van der Waals surface area contributed by atoms with Crippen LogP contribution in [0.5, 0.6) is 5.88 Å². The van der Waals surface area contributed by atoms with E-state index in [2.05, 4.69) is 15.2 Å². The number of nitrogens with zero attached hydrogens (tertiary/aromatic N) is 3. The van der Waals surface area contributed by atoms with Crippen LogP contribution in [-0.2, 0) is 0 Å². The number of rotatable bonds is 2. The van der Waals surface area contributed by atoms with Crippen molar-refractivity contribution in [3.63, 3.8) is 0 Å². The summed E-state index contributed by atoms with van der Waals surface area (Å²) in [5.74, 6) is -0.0750. The Bertz CT molecular complexity index is 441. The van der Waals surface area contributed by atoms with Gasteiger partial charge in [-0.1, -0.05) is 0 Å². The number of ether oxygens (including phenoxy) is 1. The fraction of sp³-hybridized carbons (Fsp3) is 0.100. The van der Waals surface area contributed by atoms with Crippen LogP contribution in [0.3, 0.4) is 0 Å². The van der Waals surface area contributed by atoms with Crippen molar-refractivity contribution >= 4 is 0 Å². The fourth-order valence-corrected chi connectivity index (χ4v) is 1.11. The van der Waals surface area contributed by atoms with Gasteiger partial charge in [-0.2, -0.15) is 4.39 Å². The minimum Gasteiger partial charge on any atom is -0.480 e. The highest BCUT2D eigenvalue weighted by atomic mass is 19.1. The molecule has 2 aromatic heterocycles. The first kappa shape index (κ1) is 9.51. The van der Waals surface area contributed by atoms with E-state index < -0.39 is 5.95 Å². The Kier molecular flexibility index (Phi) is 2.53. The first-order valence-electron chi connectivity index (χ1n) is 4.29. The Labute approximate surface area is 85.8 Å². The molecule has 0 fully saturated rings. The average molecular weight is 205 g/mol. The van der Waals surface area contributed by atoms with Gasteiger partial charge >= 0.3 is 0 Å². The van der Waals surface area contributed by atoms with E-state index >= 15 is 0 Å². The molecule has 2 heterocycles. The van der Waals surface area contributed by atoms with Gasteiger partial charge in [0, 0.05) is 17.8 Å². The van der Waals surface area contributed by atoms with Gasteiger partial charge in [-0.3, -0.25) is 0 Å². The predicted octanol–water partition coefficient (Wildman–Crippen LogP) is 1.69. The van der Waals surface area contributed by atoms with E-state index in [0.717, 1.165) is 0 Å². The maximum Gasteiger partial charge on any atom is 0.233 e. The molecule has 5 heteroatoms. The molecular formula is C10H8FN3O. The Morgan fingerprint density at radius 3 is 2.53 bits per heavy atom. The molecule has 2 aromatic rings. The molecule has 0 bridgehead atoms. The van der Waals surface area contributed by atoms with Crippen LogP contribution in [0.25, 0.3) is 11.3 Å². The van der Waals surface area contributed by atoms with E-state index in [1.165, 1.54) is 19.4 Å². The first-order chi connectivity index (χ1) is 7.29. The van der Waals surface area contributed by atoms with E-state index in [4.69, 9.17) is 4.74 Å². The molecule has 2 rings (SSSR count). The van der Waals surface area contributed by atoms with E-state index in [1.807, 2.05) is 0 Å². The lowest BCUT2D eigenvalue weighted by atomic mass is 10.2. The maximum atomic E-state index is 12.6. The molecule has 0 aliphatic rings. The Hall–Kier alpha value is -2.04. The van der Waals surface area contributed by atoms with Crippen molar-refractivity contribution in [3.8, 4) is 17.1 Å². The predicted molar refractivity (Wildman–Crippen MR) is 51.8 cm³/mol. The van der Waals surface area contributed by atoms with Gasteiger partial charge in [0.25, 0.3) is 0 Å². The SMILES string of the molecule is COc1ccc(-c2ccc(F)nc2)nn1. The van der Waals surface area contributed by atoms with Crippen LogP contribution in [0, 0.1) is 5.95 Å². The maximum absolute atomic E-state index is 12.6. The van der Waals surface area contributed by atoms with Crippen molar-refractivity contribution < 1.29 is 9.13 Å². The van der Waals surface area contributed by atoms with E-state index in [1.54, 1.807) is 18.2 Å². The zero-order valence-electron chi connectivity index (χ0n) is 8.01. The molecule has 15 heavy (non-hydrogen) atoms. The molecule has 4 nitrogen and oxygen atoms in total. The Morgan fingerprint density at radius 2 is 2.00 bits per heavy atom. The number of methoxy groups -OCH3 is 1. The Balaban J connectivity index is 2.33. The number of hydrogen-bond acceptors (Lipinski definition) is 4. The summed E-state index contributed by atoms with van der Waals surface area (Å²) in [6.45, 7) is 0. The zero-order valence-corrected chi connectivity index (χ0v) is 8.01. The van der Waals surface area contributed by atoms with Crippen LogP contribution in [-0.4, -0.2) is 22.3 Å². The Morgan fingerprint density at radius 1 is 1.13 bits per heavy atom. The lowest BCUT2D eigenvalue weighted by Crippen LogP contribution is -1.92. The summed E-state index contributed by atoms with van der Waals surface area (Å²) in [6.07, 6.45) is 1.41. The van der Waals surface area contributed by atoms with Crippen molar-refractivity contribution in [1.82, 2.24) is 15.2 Å². The lowest BCUT2D eigenvalue weighted by Gasteiger charge is -2.00. The van der Waals surface area contributed by atoms with Crippen molar-refractivity contribution in [2.45, 2.75) is 0 Å². The van der Waals surface area contributed by atoms with Crippen LogP contribution < -0.4 is 4.74 Å². The normalized spacial score (nSPS) is 10.0. The molecule has 0 saturated heterocycles. The van der Waals surface area contributed by atoms with Crippen molar-refractivity contribution in [3.05, 3.63) is 36.4 Å². The number of pyridine rings is 1. The highest BCUT2D eigenvalue weighted by molar-refractivity contribution is 5.56. The van der Waals surface area contributed by atoms with Gasteiger partial charge in [-0.15, -0.1) is 10.2 Å². The van der Waals surface area contributed by atoms with Gasteiger partial charge in [0.15, 0.2) is 0 Å². The molecular weight excluding hydrogens is 197 g/mol. The van der Waals surface area contributed by atoms with E-state index in [-0.39, 0.29) is 0 Å². The summed E-state index contributed by atoms with van der Waals surface area (Å²) in [7, 11) is 1.52. The topological polar surface area (TPSA) is 47.9 Å². The summed E-state index contributed by atoms with van der Waals surface area (Å²) in [5, 5.41) is 7.71. The molecule has 0 saturated carbocycles. The molecule has 0 spiro atoms. The number of halogens is 1. The molecule has 0 unspecified atom stereocenters. The summed E-state index contributed by atoms with van der Waals surface area (Å²) < 4.78 is 17.4. The van der Waals surface area contributed by atoms with Crippen molar-refractivity contribution in [1.29, 1.82) is 0 Å². The van der Waals surface area contributed by atoms with Gasteiger partial charge in [0.1, 0.15) is 0 Å². The second-order valence-corrected chi connectivity index (χ2v) is 2.83. The molecule has 0 amide bonds. The van der Waals surface area contributed by atoms with Gasteiger partial charge in [0.2, 0.25) is 11.8 Å². The molecule has 0 radical (unpaired) electrons. The number of hydrogen-bond donors (Lipinski definition) is 0. The standard InChI is InChI=1S/C10H8FN3O/c1-15-10-5-3-8(13-14-10)7-2-4-9(11)12-6-7/h2-6H,1H3. The second-order valence-electron chi connectivity index (χ2n) is 2.83. The van der Waals surface area contributed by atoms with Gasteiger partial charge in [-0.25, -0.2) is 4.98 Å². The smallest absolute Gasteiger partial charge is 0.233 e. The van der Waals surface area contributed by atoms with Crippen molar-refractivity contribution in [2.75, 3.05) is 7.11 Å². The van der Waals surface area contributed by atoms with Crippen LogP contribution in [0.1, 0.15) is 0 Å². The average Bonchev–Trinajstić information content (AvgIpc) is 2.30. The quantitative estimate of drug-likeness (QED) is 0.700. The largest absolute Gasteiger partial charge is 0.480 e. The molecule has 0 aromatic carbocycles. The molecule has 76 valence electrons. The first-order valence-corrected chi connectivity index (χ1v) is 4.29. The third kappa shape index (κ3) is 2.07. The van der Waals surface area contributed by atoms with Crippen LogP contribution in [0.15, 0.2) is 30.5 Å². The zero-order chi connectivity index (χ0) is 10.7. The third-order valence-corrected chi connectivity index (χ3v) is 1.87. The molecule has 0 atom stereocenters. The van der Waals surface area contributed by atoms with E-state index in [9.17, 15) is 4.39 Å². The summed E-state index contributed by atoms with van der Waals surface area (Å²) in [6, 6.07) is 6.30.